The van der Waals surface area contributed by atoms with Gasteiger partial charge in [0.1, 0.15) is 0 Å². The van der Waals surface area contributed by atoms with Gasteiger partial charge in [0.25, 0.3) is 0 Å². The van der Waals surface area contributed by atoms with E-state index in [0.29, 0.717) is 5.84 Å². The van der Waals surface area contributed by atoms with Crippen molar-refractivity contribution in [2.75, 3.05) is 12.7 Å². The second-order valence-corrected chi connectivity index (χ2v) is 5.00. The van der Waals surface area contributed by atoms with Gasteiger partial charge in [-0.3, -0.25) is 5.41 Å². The SMILES string of the molecule is CC(=N)N1CCCCC2=C1CCC=C2CP. The van der Waals surface area contributed by atoms with Gasteiger partial charge in [0.2, 0.25) is 0 Å². The first-order valence-corrected chi connectivity index (χ1v) is 7.00. The van der Waals surface area contributed by atoms with Crippen LogP contribution in [-0.4, -0.2) is 23.4 Å². The van der Waals surface area contributed by atoms with Gasteiger partial charge in [-0.25, -0.2) is 0 Å². The van der Waals surface area contributed by atoms with Crippen LogP contribution in [0.3, 0.4) is 0 Å². The van der Waals surface area contributed by atoms with Crippen LogP contribution in [-0.2, 0) is 0 Å². The first-order valence-electron chi connectivity index (χ1n) is 6.18. The van der Waals surface area contributed by atoms with Crippen LogP contribution in [0.1, 0.15) is 39.0 Å². The van der Waals surface area contributed by atoms with Crippen LogP contribution in [0.2, 0.25) is 0 Å². The van der Waals surface area contributed by atoms with Crippen LogP contribution in [0.5, 0.6) is 0 Å². The largest absolute Gasteiger partial charge is 0.334 e. The Hall–Kier alpha value is -0.620. The summed E-state index contributed by atoms with van der Waals surface area (Å²) in [7, 11) is 2.84. The van der Waals surface area contributed by atoms with Crippen molar-refractivity contribution in [3.63, 3.8) is 0 Å². The molecule has 1 atom stereocenters. The Morgan fingerprint density at radius 3 is 2.94 bits per heavy atom. The summed E-state index contributed by atoms with van der Waals surface area (Å²) in [5, 5.41) is 7.90. The molecule has 0 spiro atoms. The fourth-order valence-electron chi connectivity index (χ4n) is 2.73. The molecule has 0 amide bonds. The standard InChI is InChI=1S/C13H21N2P/c1-10(14)15-8-3-2-6-12-11(9-16)5-4-7-13(12)15/h5,14H,2-4,6-9,16H2,1H3. The highest BCUT2D eigenvalue weighted by atomic mass is 31.0. The highest BCUT2D eigenvalue weighted by molar-refractivity contribution is 7.16. The summed E-state index contributed by atoms with van der Waals surface area (Å²) in [6.45, 7) is 2.95. The molecule has 16 heavy (non-hydrogen) atoms. The van der Waals surface area contributed by atoms with Crippen molar-refractivity contribution in [3.05, 3.63) is 22.9 Å². The number of hydrogen-bond donors (Lipinski definition) is 1. The molecule has 2 aliphatic rings. The predicted octanol–water partition coefficient (Wildman–Crippen LogP) is 3.32. The van der Waals surface area contributed by atoms with Crippen LogP contribution in [0.4, 0.5) is 0 Å². The highest BCUT2D eigenvalue weighted by Crippen LogP contribution is 2.34. The molecule has 0 aromatic heterocycles. The van der Waals surface area contributed by atoms with E-state index in [0.717, 1.165) is 25.5 Å². The maximum absolute atomic E-state index is 7.90. The molecule has 1 heterocycles. The Morgan fingerprint density at radius 2 is 2.25 bits per heavy atom. The van der Waals surface area contributed by atoms with Crippen molar-refractivity contribution < 1.29 is 0 Å². The minimum Gasteiger partial charge on any atom is -0.334 e. The molecule has 1 aliphatic carbocycles. The van der Waals surface area contributed by atoms with Gasteiger partial charge < -0.3 is 4.90 Å². The molecule has 3 heteroatoms. The van der Waals surface area contributed by atoms with Crippen molar-refractivity contribution in [1.29, 1.82) is 5.41 Å². The summed E-state index contributed by atoms with van der Waals surface area (Å²) >= 11 is 0. The predicted molar refractivity (Wildman–Crippen MR) is 72.9 cm³/mol. The van der Waals surface area contributed by atoms with Crippen LogP contribution in [0, 0.1) is 5.41 Å². The fourth-order valence-corrected chi connectivity index (χ4v) is 3.14. The summed E-state index contributed by atoms with van der Waals surface area (Å²) in [6, 6.07) is 0. The zero-order valence-electron chi connectivity index (χ0n) is 10.1. The number of nitrogens with zero attached hydrogens (tertiary/aromatic N) is 1. The zero-order chi connectivity index (χ0) is 11.5. The third-order valence-corrected chi connectivity index (χ3v) is 3.96. The van der Waals surface area contributed by atoms with Gasteiger partial charge in [-0.15, -0.1) is 9.24 Å². The summed E-state index contributed by atoms with van der Waals surface area (Å²) in [4.78, 5) is 2.23. The second kappa shape index (κ2) is 5.14. The molecule has 88 valence electrons. The van der Waals surface area contributed by atoms with E-state index in [9.17, 15) is 0 Å². The molecule has 0 fully saturated rings. The van der Waals surface area contributed by atoms with Crippen molar-refractivity contribution in [2.45, 2.75) is 39.0 Å². The number of hydrogen-bond acceptors (Lipinski definition) is 1. The van der Waals surface area contributed by atoms with Gasteiger partial charge in [0, 0.05) is 12.2 Å². The lowest BCUT2D eigenvalue weighted by atomic mass is 9.92. The quantitative estimate of drug-likeness (QED) is 0.422. The van der Waals surface area contributed by atoms with E-state index in [1.165, 1.54) is 36.1 Å². The Morgan fingerprint density at radius 1 is 1.44 bits per heavy atom. The smallest absolute Gasteiger partial charge is 0.0968 e. The van der Waals surface area contributed by atoms with Crippen molar-refractivity contribution >= 4 is 15.1 Å². The van der Waals surface area contributed by atoms with Gasteiger partial charge in [0.15, 0.2) is 0 Å². The monoisotopic (exact) mass is 236 g/mol. The molecule has 2 rings (SSSR count). The minimum absolute atomic E-state index is 0.708. The third kappa shape index (κ3) is 2.22. The van der Waals surface area contributed by atoms with Gasteiger partial charge in [-0.1, -0.05) is 6.08 Å². The Bertz CT molecular complexity index is 355. The van der Waals surface area contributed by atoms with Crippen molar-refractivity contribution in [2.24, 2.45) is 0 Å². The first kappa shape index (κ1) is 11.9. The Kier molecular flexibility index (Phi) is 3.81. The maximum Gasteiger partial charge on any atom is 0.0968 e. The molecule has 2 nitrogen and oxygen atoms in total. The lowest BCUT2D eigenvalue weighted by Crippen LogP contribution is -2.29. The first-order chi connectivity index (χ1) is 7.74. The van der Waals surface area contributed by atoms with Gasteiger partial charge in [-0.2, -0.15) is 0 Å². The lowest BCUT2D eigenvalue weighted by Gasteiger charge is -2.29. The third-order valence-electron chi connectivity index (χ3n) is 3.52. The van der Waals surface area contributed by atoms with E-state index in [4.69, 9.17) is 5.41 Å². The maximum atomic E-state index is 7.90. The molecule has 0 bridgehead atoms. The summed E-state index contributed by atoms with van der Waals surface area (Å²) in [6.07, 6.45) is 9.40. The number of allylic oxidation sites excluding steroid dienone is 4. The van der Waals surface area contributed by atoms with E-state index >= 15 is 0 Å². The summed E-state index contributed by atoms with van der Waals surface area (Å²) in [5.41, 5.74) is 4.47. The van der Waals surface area contributed by atoms with Gasteiger partial charge >= 0.3 is 0 Å². The average Bonchev–Trinajstić information content (AvgIpc) is 2.50. The molecule has 1 N–H and O–H groups in total. The molecule has 0 saturated carbocycles. The van der Waals surface area contributed by atoms with Gasteiger partial charge in [0.05, 0.1) is 5.84 Å². The molecular weight excluding hydrogens is 215 g/mol. The van der Waals surface area contributed by atoms with E-state index in [-0.39, 0.29) is 0 Å². The van der Waals surface area contributed by atoms with Crippen molar-refractivity contribution in [3.8, 4) is 0 Å². The molecule has 0 saturated heterocycles. The lowest BCUT2D eigenvalue weighted by molar-refractivity contribution is 0.476. The topological polar surface area (TPSA) is 27.1 Å². The number of amidine groups is 1. The Labute approximate surface area is 101 Å². The molecule has 0 aromatic rings. The summed E-state index contributed by atoms with van der Waals surface area (Å²) < 4.78 is 0. The van der Waals surface area contributed by atoms with Crippen LogP contribution in [0.15, 0.2) is 22.9 Å². The van der Waals surface area contributed by atoms with Gasteiger partial charge in [-0.05, 0) is 56.3 Å². The van der Waals surface area contributed by atoms with Crippen LogP contribution in [0.25, 0.3) is 0 Å². The Balaban J connectivity index is 2.37. The van der Waals surface area contributed by atoms with E-state index in [1.54, 1.807) is 0 Å². The molecule has 1 aliphatic heterocycles. The van der Waals surface area contributed by atoms with E-state index in [2.05, 4.69) is 20.2 Å². The molecule has 1 unspecified atom stereocenters. The zero-order valence-corrected chi connectivity index (χ0v) is 11.2. The molecule has 0 aromatic carbocycles. The van der Waals surface area contributed by atoms with E-state index < -0.39 is 0 Å². The molecule has 0 radical (unpaired) electrons. The second-order valence-electron chi connectivity index (χ2n) is 4.59. The van der Waals surface area contributed by atoms with Crippen LogP contribution < -0.4 is 0 Å². The highest BCUT2D eigenvalue weighted by Gasteiger charge is 2.23. The molecular formula is C13H21N2P. The van der Waals surface area contributed by atoms with Crippen molar-refractivity contribution in [1.82, 2.24) is 4.90 Å². The number of nitrogens with one attached hydrogen (secondary N) is 1. The fraction of sp³-hybridized carbons (Fsp3) is 0.615. The van der Waals surface area contributed by atoms with Crippen LogP contribution >= 0.6 is 9.24 Å². The average molecular weight is 236 g/mol. The summed E-state index contributed by atoms with van der Waals surface area (Å²) in [5.74, 6) is 0.708. The number of rotatable bonds is 1. The minimum atomic E-state index is 0.708. The van der Waals surface area contributed by atoms with E-state index in [1.807, 2.05) is 6.92 Å². The normalized spacial score (nSPS) is 21.4.